The first kappa shape index (κ1) is 13.0. The van der Waals surface area contributed by atoms with Gasteiger partial charge in [0.2, 0.25) is 0 Å². The molecule has 0 aliphatic carbocycles. The number of ether oxygens (including phenoxy) is 1. The fourth-order valence-electron chi connectivity index (χ4n) is 1.42. The third-order valence-electron chi connectivity index (χ3n) is 2.12. The number of aliphatic hydroxyl groups excluding tert-OH is 1. The summed E-state index contributed by atoms with van der Waals surface area (Å²) >= 11 is 5.73. The Kier molecular flexibility index (Phi) is 4.35. The normalized spacial score (nSPS) is 12.6. The maximum atomic E-state index is 13.3. The molecule has 1 unspecified atom stereocenters. The van der Waals surface area contributed by atoms with E-state index in [2.05, 4.69) is 5.32 Å². The van der Waals surface area contributed by atoms with Gasteiger partial charge in [0.15, 0.2) is 11.5 Å². The van der Waals surface area contributed by atoms with Crippen LogP contribution in [0.4, 0.5) is 4.39 Å². The predicted molar refractivity (Wildman–Crippen MR) is 58.5 cm³/mol. The zero-order valence-corrected chi connectivity index (χ0v) is 9.68. The number of hydrogen-bond acceptors (Lipinski definition) is 4. The number of phenols is 1. The Morgan fingerprint density at radius 3 is 2.75 bits per heavy atom. The summed E-state index contributed by atoms with van der Waals surface area (Å²) in [6.07, 6.45) is -1.06. The van der Waals surface area contributed by atoms with Crippen LogP contribution in [-0.2, 0) is 0 Å². The smallest absolute Gasteiger partial charge is 0.168 e. The molecule has 1 aromatic carbocycles. The Morgan fingerprint density at radius 2 is 2.25 bits per heavy atom. The van der Waals surface area contributed by atoms with Gasteiger partial charge in [0.1, 0.15) is 5.82 Å². The van der Waals surface area contributed by atoms with Crippen LogP contribution in [0.5, 0.6) is 11.5 Å². The highest BCUT2D eigenvalue weighted by molar-refractivity contribution is 6.31. The van der Waals surface area contributed by atoms with E-state index in [4.69, 9.17) is 16.3 Å². The van der Waals surface area contributed by atoms with Gasteiger partial charge in [0.25, 0.3) is 0 Å². The summed E-state index contributed by atoms with van der Waals surface area (Å²) in [5.74, 6) is -1.21. The molecular weight excluding hydrogens is 237 g/mol. The van der Waals surface area contributed by atoms with E-state index in [-0.39, 0.29) is 22.9 Å². The highest BCUT2D eigenvalue weighted by Crippen LogP contribution is 2.40. The number of nitrogens with one attached hydrogen (secondary N) is 1. The van der Waals surface area contributed by atoms with Crippen LogP contribution >= 0.6 is 11.6 Å². The number of benzene rings is 1. The molecule has 4 nitrogen and oxygen atoms in total. The topological polar surface area (TPSA) is 61.7 Å². The molecule has 0 fully saturated rings. The highest BCUT2D eigenvalue weighted by atomic mass is 35.5. The monoisotopic (exact) mass is 249 g/mol. The standard InChI is InChI=1S/C10H13ClFNO3/c1-13-4-7(15)8-9(11)5(12)3-6(14)10(8)16-2/h3,7,13-15H,4H2,1-2H3. The lowest BCUT2D eigenvalue weighted by molar-refractivity contribution is 0.172. The lowest BCUT2D eigenvalue weighted by Gasteiger charge is -2.17. The van der Waals surface area contributed by atoms with Crippen LogP contribution in [0.15, 0.2) is 6.07 Å². The molecule has 1 atom stereocenters. The van der Waals surface area contributed by atoms with E-state index in [9.17, 15) is 14.6 Å². The van der Waals surface area contributed by atoms with E-state index >= 15 is 0 Å². The average molecular weight is 250 g/mol. The second-order valence-electron chi connectivity index (χ2n) is 3.21. The van der Waals surface area contributed by atoms with Crippen LogP contribution in [0.1, 0.15) is 11.7 Å². The Morgan fingerprint density at radius 1 is 1.62 bits per heavy atom. The van der Waals surface area contributed by atoms with Crippen molar-refractivity contribution in [3.8, 4) is 11.5 Å². The van der Waals surface area contributed by atoms with Crippen molar-refractivity contribution >= 4 is 11.6 Å². The highest BCUT2D eigenvalue weighted by Gasteiger charge is 2.23. The van der Waals surface area contributed by atoms with Crippen molar-refractivity contribution in [2.45, 2.75) is 6.10 Å². The van der Waals surface area contributed by atoms with Crippen molar-refractivity contribution in [1.82, 2.24) is 5.32 Å². The van der Waals surface area contributed by atoms with Gasteiger partial charge in [0, 0.05) is 18.2 Å². The molecule has 0 radical (unpaired) electrons. The van der Waals surface area contributed by atoms with Crippen molar-refractivity contribution in [2.24, 2.45) is 0 Å². The molecule has 0 aliphatic heterocycles. The fourth-order valence-corrected chi connectivity index (χ4v) is 1.69. The van der Waals surface area contributed by atoms with Gasteiger partial charge >= 0.3 is 0 Å². The molecule has 1 aromatic rings. The molecule has 1 rings (SSSR count). The van der Waals surface area contributed by atoms with Crippen LogP contribution in [0, 0.1) is 5.82 Å². The molecule has 0 aromatic heterocycles. The number of aliphatic hydroxyl groups is 1. The average Bonchev–Trinajstić information content (AvgIpc) is 2.23. The van der Waals surface area contributed by atoms with Crippen LogP contribution in [0.2, 0.25) is 5.02 Å². The first-order valence-electron chi connectivity index (χ1n) is 4.60. The Labute approximate surface area is 97.6 Å². The summed E-state index contributed by atoms with van der Waals surface area (Å²) < 4.78 is 18.2. The van der Waals surface area contributed by atoms with Crippen molar-refractivity contribution in [3.05, 3.63) is 22.5 Å². The number of methoxy groups -OCH3 is 1. The number of aromatic hydroxyl groups is 1. The Bertz CT molecular complexity index is 387. The van der Waals surface area contributed by atoms with Gasteiger partial charge < -0.3 is 20.3 Å². The molecule has 90 valence electrons. The van der Waals surface area contributed by atoms with Crippen molar-refractivity contribution in [3.63, 3.8) is 0 Å². The molecule has 0 saturated carbocycles. The molecule has 0 bridgehead atoms. The van der Waals surface area contributed by atoms with E-state index in [0.29, 0.717) is 0 Å². The second kappa shape index (κ2) is 5.34. The SMILES string of the molecule is CNCC(O)c1c(Cl)c(F)cc(O)c1OC. The number of hydrogen-bond donors (Lipinski definition) is 3. The number of rotatable bonds is 4. The molecule has 0 aliphatic rings. The Balaban J connectivity index is 3.32. The summed E-state index contributed by atoms with van der Waals surface area (Å²) in [4.78, 5) is 0. The van der Waals surface area contributed by atoms with Crippen LogP contribution < -0.4 is 10.1 Å². The quantitative estimate of drug-likeness (QED) is 0.756. The molecule has 3 N–H and O–H groups in total. The van der Waals surface area contributed by atoms with Gasteiger partial charge in [-0.2, -0.15) is 0 Å². The minimum atomic E-state index is -1.06. The summed E-state index contributed by atoms with van der Waals surface area (Å²) in [5.41, 5.74) is 0.0380. The molecular formula is C10H13ClFNO3. The van der Waals surface area contributed by atoms with Crippen LogP contribution in [-0.4, -0.2) is 30.9 Å². The van der Waals surface area contributed by atoms with Crippen LogP contribution in [0.25, 0.3) is 0 Å². The predicted octanol–water partition coefficient (Wildman–Crippen LogP) is 1.45. The summed E-state index contributed by atoms with van der Waals surface area (Å²) in [5, 5.41) is 21.7. The van der Waals surface area contributed by atoms with E-state index < -0.39 is 17.7 Å². The summed E-state index contributed by atoms with van der Waals surface area (Å²) in [6.45, 7) is 0.166. The third-order valence-corrected chi connectivity index (χ3v) is 2.51. The first-order valence-corrected chi connectivity index (χ1v) is 4.98. The first-order chi connectivity index (χ1) is 7.52. The van der Waals surface area contributed by atoms with Gasteiger partial charge in [0.05, 0.1) is 18.2 Å². The third kappa shape index (κ3) is 2.37. The zero-order chi connectivity index (χ0) is 12.3. The fraction of sp³-hybridized carbons (Fsp3) is 0.400. The van der Waals surface area contributed by atoms with E-state index in [0.717, 1.165) is 6.07 Å². The van der Waals surface area contributed by atoms with Gasteiger partial charge in [-0.3, -0.25) is 0 Å². The lowest BCUT2D eigenvalue weighted by atomic mass is 10.1. The Hall–Kier alpha value is -1.04. The van der Waals surface area contributed by atoms with Crippen LogP contribution in [0.3, 0.4) is 0 Å². The van der Waals surface area contributed by atoms with E-state index in [1.54, 1.807) is 7.05 Å². The molecule has 16 heavy (non-hydrogen) atoms. The number of likely N-dealkylation sites (N-methyl/N-ethyl adjacent to an activating group) is 1. The lowest BCUT2D eigenvalue weighted by Crippen LogP contribution is -2.18. The van der Waals surface area contributed by atoms with Gasteiger partial charge in [-0.25, -0.2) is 4.39 Å². The minimum Gasteiger partial charge on any atom is -0.504 e. The maximum absolute atomic E-state index is 13.3. The number of halogens is 2. The minimum absolute atomic E-state index is 0.0193. The molecule has 0 heterocycles. The summed E-state index contributed by atoms with van der Waals surface area (Å²) in [6, 6.07) is 0.844. The van der Waals surface area contributed by atoms with Gasteiger partial charge in [-0.1, -0.05) is 11.6 Å². The van der Waals surface area contributed by atoms with E-state index in [1.807, 2.05) is 0 Å². The maximum Gasteiger partial charge on any atom is 0.168 e. The second-order valence-corrected chi connectivity index (χ2v) is 3.59. The van der Waals surface area contributed by atoms with Gasteiger partial charge in [-0.05, 0) is 7.05 Å². The largest absolute Gasteiger partial charge is 0.504 e. The number of phenolic OH excluding ortho intramolecular Hbond substituents is 1. The van der Waals surface area contributed by atoms with Crippen molar-refractivity contribution in [2.75, 3.05) is 20.7 Å². The molecule has 0 amide bonds. The van der Waals surface area contributed by atoms with E-state index in [1.165, 1.54) is 7.11 Å². The van der Waals surface area contributed by atoms with Crippen molar-refractivity contribution < 1.29 is 19.3 Å². The molecule has 0 spiro atoms. The summed E-state index contributed by atoms with van der Waals surface area (Å²) in [7, 11) is 2.93. The van der Waals surface area contributed by atoms with Gasteiger partial charge in [-0.15, -0.1) is 0 Å². The molecule has 6 heteroatoms. The zero-order valence-electron chi connectivity index (χ0n) is 8.92. The van der Waals surface area contributed by atoms with Crippen molar-refractivity contribution in [1.29, 1.82) is 0 Å². The molecule has 0 saturated heterocycles.